The van der Waals surface area contributed by atoms with E-state index in [1.165, 1.54) is 28.7 Å². The molecule has 0 aliphatic carbocycles. The van der Waals surface area contributed by atoms with Gasteiger partial charge in [0.15, 0.2) is 10.8 Å². The van der Waals surface area contributed by atoms with Crippen LogP contribution in [-0.2, 0) is 6.54 Å². The maximum atomic E-state index is 13.9. The Morgan fingerprint density at radius 1 is 1.17 bits per heavy atom. The van der Waals surface area contributed by atoms with Gasteiger partial charge >= 0.3 is 0 Å². The fraction of sp³-hybridized carbons (Fsp3) is 0.0667. The zero-order valence-corrected chi connectivity index (χ0v) is 13.4. The quantitative estimate of drug-likeness (QED) is 0.567. The average Bonchev–Trinajstić information content (AvgIpc) is 3.30. The third-order valence-electron chi connectivity index (χ3n) is 3.23. The Morgan fingerprint density at radius 2 is 2.09 bits per heavy atom. The van der Waals surface area contributed by atoms with Crippen LogP contribution in [0, 0.1) is 5.82 Å². The molecule has 0 saturated carbocycles. The summed E-state index contributed by atoms with van der Waals surface area (Å²) in [6.45, 7) is 0.290. The van der Waals surface area contributed by atoms with E-state index < -0.39 is 0 Å². The van der Waals surface area contributed by atoms with Crippen LogP contribution in [0.25, 0.3) is 22.4 Å². The first kappa shape index (κ1) is 14.2. The summed E-state index contributed by atoms with van der Waals surface area (Å²) in [5.41, 5.74) is 3.00. The minimum Gasteiger partial charge on any atom is -0.241 e. The number of rotatable bonds is 4. The number of benzene rings is 1. The van der Waals surface area contributed by atoms with Crippen LogP contribution in [0.1, 0.15) is 5.56 Å². The molecule has 4 rings (SSSR count). The van der Waals surface area contributed by atoms with Gasteiger partial charge < -0.3 is 0 Å². The molecule has 0 radical (unpaired) electrons. The van der Waals surface area contributed by atoms with E-state index >= 15 is 0 Å². The molecule has 0 aliphatic rings. The average molecular weight is 343 g/mol. The molecule has 0 N–H and O–H groups in total. The Kier molecular flexibility index (Phi) is 3.68. The van der Waals surface area contributed by atoms with E-state index in [0.29, 0.717) is 29.5 Å². The molecule has 0 unspecified atom stereocenters. The van der Waals surface area contributed by atoms with Crippen molar-refractivity contribution in [2.45, 2.75) is 6.54 Å². The van der Waals surface area contributed by atoms with Crippen molar-refractivity contribution in [3.05, 3.63) is 58.1 Å². The number of hydrogen-bond donors (Lipinski definition) is 0. The van der Waals surface area contributed by atoms with Gasteiger partial charge in [-0.05, 0) is 6.07 Å². The van der Waals surface area contributed by atoms with Crippen molar-refractivity contribution in [3.63, 3.8) is 0 Å². The van der Waals surface area contributed by atoms with Gasteiger partial charge in [0.05, 0.1) is 12.1 Å². The number of thiazole rings is 2. The van der Waals surface area contributed by atoms with Crippen molar-refractivity contribution in [1.82, 2.24) is 24.7 Å². The van der Waals surface area contributed by atoms with E-state index in [1.807, 2.05) is 10.8 Å². The van der Waals surface area contributed by atoms with Crippen LogP contribution in [0.5, 0.6) is 0 Å². The highest BCUT2D eigenvalue weighted by Crippen LogP contribution is 2.25. The number of aromatic nitrogens is 5. The molecular weight excluding hydrogens is 333 g/mol. The van der Waals surface area contributed by atoms with Gasteiger partial charge in [-0.15, -0.1) is 27.8 Å². The Morgan fingerprint density at radius 3 is 2.83 bits per heavy atom. The fourth-order valence-corrected chi connectivity index (χ4v) is 3.32. The minimum atomic E-state index is -0.261. The van der Waals surface area contributed by atoms with E-state index in [1.54, 1.807) is 34.6 Å². The van der Waals surface area contributed by atoms with Crippen LogP contribution in [0.4, 0.5) is 4.39 Å². The van der Waals surface area contributed by atoms with Gasteiger partial charge in [-0.1, -0.05) is 18.2 Å². The van der Waals surface area contributed by atoms with Crippen molar-refractivity contribution >= 4 is 22.7 Å². The number of hydrogen-bond acceptors (Lipinski definition) is 6. The summed E-state index contributed by atoms with van der Waals surface area (Å²) in [7, 11) is 0. The standard InChI is InChI=1S/C15H10FN5S2/c16-11-4-2-1-3-10(11)7-21-14(15-17-5-6-23-15)19-13(20-21)12-8-22-9-18-12/h1-6,8-9H,7H2. The lowest BCUT2D eigenvalue weighted by atomic mass is 10.2. The van der Waals surface area contributed by atoms with E-state index in [-0.39, 0.29) is 5.82 Å². The first-order chi connectivity index (χ1) is 11.3. The monoisotopic (exact) mass is 343 g/mol. The zero-order chi connectivity index (χ0) is 15.6. The summed E-state index contributed by atoms with van der Waals surface area (Å²) in [5, 5.41) is 9.00. The molecule has 114 valence electrons. The molecule has 0 atom stereocenters. The SMILES string of the molecule is Fc1ccccc1Cn1nc(-c2cscn2)nc1-c1nccs1. The van der Waals surface area contributed by atoms with Crippen molar-refractivity contribution in [1.29, 1.82) is 0 Å². The molecule has 0 fully saturated rings. The molecule has 8 heteroatoms. The van der Waals surface area contributed by atoms with E-state index in [4.69, 9.17) is 0 Å². The molecule has 4 aromatic rings. The number of nitrogens with zero attached hydrogens (tertiary/aromatic N) is 5. The second-order valence-corrected chi connectivity index (χ2v) is 6.33. The molecule has 0 bridgehead atoms. The van der Waals surface area contributed by atoms with Gasteiger partial charge in [0, 0.05) is 22.5 Å². The lowest BCUT2D eigenvalue weighted by molar-refractivity contribution is 0.587. The van der Waals surface area contributed by atoms with Gasteiger partial charge in [0.1, 0.15) is 11.5 Å². The summed E-state index contributed by atoms with van der Waals surface area (Å²) >= 11 is 2.95. The molecule has 0 aliphatic heterocycles. The third-order valence-corrected chi connectivity index (χ3v) is 4.59. The maximum absolute atomic E-state index is 13.9. The molecule has 3 aromatic heterocycles. The molecule has 0 amide bonds. The predicted molar refractivity (Wildman–Crippen MR) is 87.7 cm³/mol. The minimum absolute atomic E-state index is 0.261. The largest absolute Gasteiger partial charge is 0.241 e. The lowest BCUT2D eigenvalue weighted by Gasteiger charge is -2.05. The Hall–Kier alpha value is -2.45. The van der Waals surface area contributed by atoms with E-state index in [2.05, 4.69) is 20.1 Å². The molecule has 23 heavy (non-hydrogen) atoms. The highest BCUT2D eigenvalue weighted by Gasteiger charge is 2.17. The predicted octanol–water partition coefficient (Wildman–Crippen LogP) is 3.71. The first-order valence-corrected chi connectivity index (χ1v) is 8.60. The Labute approximate surface area is 139 Å². The van der Waals surface area contributed by atoms with Gasteiger partial charge in [-0.2, -0.15) is 0 Å². The van der Waals surface area contributed by atoms with Crippen molar-refractivity contribution in [2.75, 3.05) is 0 Å². The van der Waals surface area contributed by atoms with Gasteiger partial charge in [0.2, 0.25) is 5.82 Å². The first-order valence-electron chi connectivity index (χ1n) is 6.78. The maximum Gasteiger partial charge on any atom is 0.201 e. The van der Waals surface area contributed by atoms with Crippen LogP contribution in [0.2, 0.25) is 0 Å². The van der Waals surface area contributed by atoms with Crippen LogP contribution < -0.4 is 0 Å². The molecule has 0 saturated heterocycles. The topological polar surface area (TPSA) is 56.5 Å². The van der Waals surface area contributed by atoms with E-state index in [0.717, 1.165) is 5.01 Å². The third kappa shape index (κ3) is 2.78. The summed E-state index contributed by atoms with van der Waals surface area (Å²) in [4.78, 5) is 13.1. The van der Waals surface area contributed by atoms with Gasteiger partial charge in [0.25, 0.3) is 0 Å². The molecule has 1 aromatic carbocycles. The van der Waals surface area contributed by atoms with Crippen molar-refractivity contribution in [3.8, 4) is 22.4 Å². The Bertz CT molecular complexity index is 915. The van der Waals surface area contributed by atoms with Gasteiger partial charge in [-0.3, -0.25) is 0 Å². The van der Waals surface area contributed by atoms with Crippen molar-refractivity contribution < 1.29 is 4.39 Å². The number of halogens is 1. The normalized spacial score (nSPS) is 11.0. The summed E-state index contributed by atoms with van der Waals surface area (Å²) in [6.07, 6.45) is 1.71. The van der Waals surface area contributed by atoms with E-state index in [9.17, 15) is 4.39 Å². The zero-order valence-electron chi connectivity index (χ0n) is 11.8. The van der Waals surface area contributed by atoms with Crippen LogP contribution in [-0.4, -0.2) is 24.7 Å². The van der Waals surface area contributed by atoms with Crippen LogP contribution in [0.3, 0.4) is 0 Å². The smallest absolute Gasteiger partial charge is 0.201 e. The van der Waals surface area contributed by atoms with Crippen LogP contribution in [0.15, 0.2) is 46.7 Å². The summed E-state index contributed by atoms with van der Waals surface area (Å²) < 4.78 is 15.6. The summed E-state index contributed by atoms with van der Waals surface area (Å²) in [6, 6.07) is 6.66. The molecule has 3 heterocycles. The molecule has 0 spiro atoms. The lowest BCUT2D eigenvalue weighted by Crippen LogP contribution is -2.05. The molecule has 5 nitrogen and oxygen atoms in total. The Balaban J connectivity index is 1.79. The highest BCUT2D eigenvalue weighted by molar-refractivity contribution is 7.13. The fourth-order valence-electron chi connectivity index (χ4n) is 2.16. The van der Waals surface area contributed by atoms with Gasteiger partial charge in [-0.25, -0.2) is 24.0 Å². The summed E-state index contributed by atoms with van der Waals surface area (Å²) in [5.74, 6) is 0.877. The molecular formula is C15H10FN5S2. The van der Waals surface area contributed by atoms with Crippen LogP contribution >= 0.6 is 22.7 Å². The second kappa shape index (κ2) is 5.98. The highest BCUT2D eigenvalue weighted by atomic mass is 32.1. The van der Waals surface area contributed by atoms with Crippen molar-refractivity contribution in [2.24, 2.45) is 0 Å². The second-order valence-electron chi connectivity index (χ2n) is 4.72.